The van der Waals surface area contributed by atoms with Crippen LogP contribution in [-0.2, 0) is 6.54 Å². The molecule has 0 spiro atoms. The number of alkyl halides is 1. The van der Waals surface area contributed by atoms with Crippen LogP contribution in [-0.4, -0.2) is 16.9 Å². The van der Waals surface area contributed by atoms with Crippen molar-refractivity contribution in [2.75, 3.05) is 11.9 Å². The second-order valence-corrected chi connectivity index (χ2v) is 5.49. The van der Waals surface area contributed by atoms with Gasteiger partial charge in [0.05, 0.1) is 10.7 Å². The Hall–Kier alpha value is 0.0700. The lowest BCUT2D eigenvalue weighted by molar-refractivity contribution is 0.596. The zero-order valence-electron chi connectivity index (χ0n) is 9.26. The number of halogens is 1. The number of nitrogens with one attached hydrogen (secondary N) is 1. The summed E-state index contributed by atoms with van der Waals surface area (Å²) in [6.07, 6.45) is 5.23. The lowest BCUT2D eigenvalue weighted by Crippen LogP contribution is -2.14. The molecule has 1 N–H and O–H groups in total. The topological polar surface area (TPSA) is 24.9 Å². The summed E-state index contributed by atoms with van der Waals surface area (Å²) in [5, 5.41) is 7.85. The SMILES string of the molecule is Cc1nc(CNCCCCCCBr)cs1. The van der Waals surface area contributed by atoms with Gasteiger partial charge in [-0.2, -0.15) is 0 Å². The third kappa shape index (κ3) is 6.28. The Labute approximate surface area is 105 Å². The van der Waals surface area contributed by atoms with Crippen molar-refractivity contribution in [3.8, 4) is 0 Å². The van der Waals surface area contributed by atoms with Gasteiger partial charge in [0.2, 0.25) is 0 Å². The van der Waals surface area contributed by atoms with E-state index >= 15 is 0 Å². The van der Waals surface area contributed by atoms with Crippen LogP contribution in [0.1, 0.15) is 36.4 Å². The van der Waals surface area contributed by atoms with Crippen molar-refractivity contribution < 1.29 is 0 Å². The van der Waals surface area contributed by atoms with Crippen LogP contribution in [0.15, 0.2) is 5.38 Å². The number of aryl methyl sites for hydroxylation is 1. The monoisotopic (exact) mass is 290 g/mol. The molecule has 15 heavy (non-hydrogen) atoms. The molecule has 1 aromatic heterocycles. The average Bonchev–Trinajstić information content (AvgIpc) is 2.63. The first-order valence-corrected chi connectivity index (χ1v) is 7.50. The summed E-state index contributed by atoms with van der Waals surface area (Å²) in [5.74, 6) is 0. The minimum atomic E-state index is 0.919. The lowest BCUT2D eigenvalue weighted by Gasteiger charge is -2.02. The molecule has 4 heteroatoms. The van der Waals surface area contributed by atoms with Crippen LogP contribution in [0, 0.1) is 6.92 Å². The molecule has 0 radical (unpaired) electrons. The molecule has 1 aromatic rings. The largest absolute Gasteiger partial charge is 0.311 e. The van der Waals surface area contributed by atoms with Crippen molar-refractivity contribution in [3.05, 3.63) is 16.1 Å². The van der Waals surface area contributed by atoms with Crippen molar-refractivity contribution in [3.63, 3.8) is 0 Å². The van der Waals surface area contributed by atoms with E-state index in [9.17, 15) is 0 Å². The zero-order valence-corrected chi connectivity index (χ0v) is 11.7. The fourth-order valence-corrected chi connectivity index (χ4v) is 2.41. The zero-order chi connectivity index (χ0) is 10.9. The predicted octanol–water partition coefficient (Wildman–Crippen LogP) is 3.50. The number of rotatable bonds is 8. The molecule has 1 heterocycles. The first-order chi connectivity index (χ1) is 7.33. The molecular formula is C11H19BrN2S. The Kier molecular flexibility index (Phi) is 7.22. The smallest absolute Gasteiger partial charge is 0.0897 e. The number of aromatic nitrogens is 1. The van der Waals surface area contributed by atoms with E-state index in [4.69, 9.17) is 0 Å². The maximum Gasteiger partial charge on any atom is 0.0897 e. The van der Waals surface area contributed by atoms with Gasteiger partial charge in [0.15, 0.2) is 0 Å². The van der Waals surface area contributed by atoms with Crippen LogP contribution in [0.4, 0.5) is 0 Å². The highest BCUT2D eigenvalue weighted by molar-refractivity contribution is 9.09. The van der Waals surface area contributed by atoms with Gasteiger partial charge < -0.3 is 5.32 Å². The van der Waals surface area contributed by atoms with Gasteiger partial charge in [0.1, 0.15) is 0 Å². The Morgan fingerprint density at radius 1 is 1.33 bits per heavy atom. The van der Waals surface area contributed by atoms with E-state index in [2.05, 4.69) is 38.5 Å². The minimum Gasteiger partial charge on any atom is -0.311 e. The summed E-state index contributed by atoms with van der Waals surface area (Å²) in [5.41, 5.74) is 1.18. The molecular weight excluding hydrogens is 272 g/mol. The van der Waals surface area contributed by atoms with Crippen molar-refractivity contribution in [2.45, 2.75) is 39.2 Å². The molecule has 0 atom stereocenters. The van der Waals surface area contributed by atoms with E-state index < -0.39 is 0 Å². The summed E-state index contributed by atoms with van der Waals surface area (Å²) < 4.78 is 0. The minimum absolute atomic E-state index is 0.919. The first-order valence-electron chi connectivity index (χ1n) is 5.50. The Bertz CT molecular complexity index is 263. The van der Waals surface area contributed by atoms with Gasteiger partial charge in [-0.25, -0.2) is 4.98 Å². The maximum atomic E-state index is 4.41. The molecule has 0 unspecified atom stereocenters. The molecule has 0 saturated carbocycles. The van der Waals surface area contributed by atoms with Gasteiger partial charge in [-0.15, -0.1) is 11.3 Å². The fourth-order valence-electron chi connectivity index (χ4n) is 1.40. The third-order valence-corrected chi connectivity index (χ3v) is 3.59. The van der Waals surface area contributed by atoms with E-state index in [0.29, 0.717) is 0 Å². The molecule has 0 aromatic carbocycles. The van der Waals surface area contributed by atoms with Crippen LogP contribution in [0.2, 0.25) is 0 Å². The number of hydrogen-bond donors (Lipinski definition) is 1. The summed E-state index contributed by atoms with van der Waals surface area (Å²) in [4.78, 5) is 4.41. The first kappa shape index (κ1) is 13.1. The Morgan fingerprint density at radius 2 is 2.13 bits per heavy atom. The third-order valence-electron chi connectivity index (χ3n) is 2.21. The van der Waals surface area contributed by atoms with Gasteiger partial charge in [-0.1, -0.05) is 28.8 Å². The van der Waals surface area contributed by atoms with Crippen molar-refractivity contribution in [1.82, 2.24) is 10.3 Å². The quantitative estimate of drug-likeness (QED) is 0.586. The van der Waals surface area contributed by atoms with Crippen molar-refractivity contribution in [1.29, 1.82) is 0 Å². The summed E-state index contributed by atoms with van der Waals surface area (Å²) in [7, 11) is 0. The number of nitrogens with zero attached hydrogens (tertiary/aromatic N) is 1. The molecule has 0 amide bonds. The summed E-state index contributed by atoms with van der Waals surface area (Å²) in [6.45, 7) is 4.08. The fraction of sp³-hybridized carbons (Fsp3) is 0.727. The molecule has 0 aliphatic rings. The van der Waals surface area contributed by atoms with Gasteiger partial charge in [0, 0.05) is 17.3 Å². The molecule has 0 fully saturated rings. The predicted molar refractivity (Wildman–Crippen MR) is 70.8 cm³/mol. The van der Waals surface area contributed by atoms with E-state index in [0.717, 1.165) is 23.4 Å². The Morgan fingerprint density at radius 3 is 2.80 bits per heavy atom. The second kappa shape index (κ2) is 8.25. The summed E-state index contributed by atoms with van der Waals surface area (Å²) in [6, 6.07) is 0. The highest BCUT2D eigenvalue weighted by Crippen LogP contribution is 2.07. The maximum absolute atomic E-state index is 4.41. The van der Waals surface area contributed by atoms with Gasteiger partial charge >= 0.3 is 0 Å². The molecule has 0 aliphatic carbocycles. The molecule has 0 saturated heterocycles. The van der Waals surface area contributed by atoms with Crippen LogP contribution in [0.3, 0.4) is 0 Å². The normalized spacial score (nSPS) is 10.8. The van der Waals surface area contributed by atoms with Crippen LogP contribution < -0.4 is 5.32 Å². The highest BCUT2D eigenvalue weighted by atomic mass is 79.9. The lowest BCUT2D eigenvalue weighted by atomic mass is 10.2. The van der Waals surface area contributed by atoms with Crippen LogP contribution >= 0.6 is 27.3 Å². The standard InChI is InChI=1S/C11H19BrN2S/c1-10-14-11(9-15-10)8-13-7-5-3-2-4-6-12/h9,13H,2-8H2,1H3. The van der Waals surface area contributed by atoms with E-state index in [1.54, 1.807) is 11.3 Å². The number of thiazole rings is 1. The summed E-state index contributed by atoms with van der Waals surface area (Å²) >= 11 is 5.17. The molecule has 2 nitrogen and oxygen atoms in total. The average molecular weight is 291 g/mol. The number of hydrogen-bond acceptors (Lipinski definition) is 3. The molecule has 0 bridgehead atoms. The van der Waals surface area contributed by atoms with Crippen molar-refractivity contribution >= 4 is 27.3 Å². The van der Waals surface area contributed by atoms with E-state index in [1.165, 1.54) is 31.4 Å². The van der Waals surface area contributed by atoms with Gasteiger partial charge in [-0.05, 0) is 26.3 Å². The van der Waals surface area contributed by atoms with Gasteiger partial charge in [-0.3, -0.25) is 0 Å². The number of unbranched alkanes of at least 4 members (excludes halogenated alkanes) is 3. The van der Waals surface area contributed by atoms with Crippen LogP contribution in [0.5, 0.6) is 0 Å². The van der Waals surface area contributed by atoms with Crippen LogP contribution in [0.25, 0.3) is 0 Å². The van der Waals surface area contributed by atoms with E-state index in [1.807, 2.05) is 0 Å². The molecule has 86 valence electrons. The molecule has 0 aliphatic heterocycles. The Balaban J connectivity index is 1.93. The molecule has 1 rings (SSSR count). The van der Waals surface area contributed by atoms with Gasteiger partial charge in [0.25, 0.3) is 0 Å². The highest BCUT2D eigenvalue weighted by Gasteiger charge is 1.96. The van der Waals surface area contributed by atoms with E-state index in [-0.39, 0.29) is 0 Å². The second-order valence-electron chi connectivity index (χ2n) is 3.64. The van der Waals surface area contributed by atoms with Crippen molar-refractivity contribution in [2.24, 2.45) is 0 Å².